The van der Waals surface area contributed by atoms with Gasteiger partial charge in [0.2, 0.25) is 0 Å². The van der Waals surface area contributed by atoms with Crippen LogP contribution in [0.1, 0.15) is 0 Å². The summed E-state index contributed by atoms with van der Waals surface area (Å²) in [4.78, 5) is 0. The zero-order valence-electron chi connectivity index (χ0n) is 2.04. The molecule has 0 saturated carbocycles. The molecule has 1 atom stereocenters. The predicted molar refractivity (Wildman–Crippen MR) is 16.9 cm³/mol. The van der Waals surface area contributed by atoms with Gasteiger partial charge in [-0.2, -0.15) is 9.90 Å². The summed E-state index contributed by atoms with van der Waals surface area (Å²) in [6.45, 7) is 0. The van der Waals surface area contributed by atoms with Crippen LogP contribution in [-0.4, -0.2) is 23.9 Å². The SMILES string of the molecule is P.[Ce].[Co].[Sn]. The van der Waals surface area contributed by atoms with Crippen LogP contribution in [0.5, 0.6) is 0 Å². The molecular formula is H3CeCoPSn. The van der Waals surface area contributed by atoms with Gasteiger partial charge < -0.3 is 0 Å². The van der Waals surface area contributed by atoms with Crippen molar-refractivity contribution in [3.8, 4) is 0 Å². The molecule has 0 nitrogen and oxygen atoms in total. The zero-order valence-corrected chi connectivity index (χ0v) is 10.5. The van der Waals surface area contributed by atoms with Gasteiger partial charge in [0.25, 0.3) is 0 Å². The van der Waals surface area contributed by atoms with Crippen LogP contribution in [0.3, 0.4) is 0 Å². The Morgan fingerprint density at radius 3 is 1.00 bits per heavy atom. The average molecular weight is 352 g/mol. The maximum atomic E-state index is 0. The van der Waals surface area contributed by atoms with E-state index in [-0.39, 0.29) is 92.3 Å². The van der Waals surface area contributed by atoms with Crippen LogP contribution in [0, 0.1) is 41.7 Å². The first-order chi connectivity index (χ1) is 0. The van der Waals surface area contributed by atoms with E-state index in [1.54, 1.807) is 0 Å². The third-order valence-corrected chi connectivity index (χ3v) is 0. The van der Waals surface area contributed by atoms with Gasteiger partial charge in [-0.15, -0.1) is 0 Å². The van der Waals surface area contributed by atoms with Crippen LogP contribution < -0.4 is 0 Å². The number of rotatable bonds is 0. The molecule has 0 fully saturated rings. The van der Waals surface area contributed by atoms with Crippen molar-refractivity contribution in [2.45, 2.75) is 0 Å². The van der Waals surface area contributed by atoms with Gasteiger partial charge in [-0.3, -0.25) is 0 Å². The summed E-state index contributed by atoms with van der Waals surface area (Å²) in [6, 6.07) is 0. The van der Waals surface area contributed by atoms with Crippen molar-refractivity contribution in [1.29, 1.82) is 0 Å². The van der Waals surface area contributed by atoms with Gasteiger partial charge in [-0.25, -0.2) is 0 Å². The molecule has 0 saturated heterocycles. The zero-order chi connectivity index (χ0) is 0. The third kappa shape index (κ3) is 8.93. The minimum absolute atomic E-state index is 0. The second kappa shape index (κ2) is 16.5. The normalized spacial score (nSPS) is 0. The van der Waals surface area contributed by atoms with E-state index in [0.717, 1.165) is 0 Å². The summed E-state index contributed by atoms with van der Waals surface area (Å²) in [6.07, 6.45) is 0. The minimum atomic E-state index is 0. The fourth-order valence-electron chi connectivity index (χ4n) is 0. The predicted octanol–water partition coefficient (Wildman–Crippen LogP) is -0.325. The van der Waals surface area contributed by atoms with E-state index in [1.165, 1.54) is 0 Å². The van der Waals surface area contributed by atoms with E-state index in [0.29, 0.717) is 0 Å². The first kappa shape index (κ1) is 27.4. The van der Waals surface area contributed by atoms with E-state index >= 15 is 0 Å². The fourth-order valence-corrected chi connectivity index (χ4v) is 0. The molecule has 1 unspecified atom stereocenters. The van der Waals surface area contributed by atoms with Crippen LogP contribution in [0.2, 0.25) is 0 Å². The molecule has 0 aromatic carbocycles. The van der Waals surface area contributed by atoms with Crippen LogP contribution in [-0.2, 0) is 16.8 Å². The Morgan fingerprint density at radius 2 is 1.00 bits per heavy atom. The van der Waals surface area contributed by atoms with Crippen molar-refractivity contribution < 1.29 is 58.5 Å². The summed E-state index contributed by atoms with van der Waals surface area (Å²) >= 11 is 0. The van der Waals surface area contributed by atoms with Crippen LogP contribution in [0.4, 0.5) is 0 Å². The topological polar surface area (TPSA) is 0 Å². The Hall–Kier alpha value is 3.11. The van der Waals surface area contributed by atoms with E-state index in [1.807, 2.05) is 0 Å². The van der Waals surface area contributed by atoms with Gasteiger partial charge in [0.1, 0.15) is 0 Å². The van der Waals surface area contributed by atoms with Gasteiger partial charge >= 0.3 is 0 Å². The van der Waals surface area contributed by atoms with Crippen molar-refractivity contribution >= 4 is 33.8 Å². The van der Waals surface area contributed by atoms with Crippen LogP contribution in [0.15, 0.2) is 0 Å². The van der Waals surface area contributed by atoms with Gasteiger partial charge in [0.05, 0.1) is 0 Å². The number of hydrogen-bond donors (Lipinski definition) is 0. The van der Waals surface area contributed by atoms with Gasteiger partial charge in [-0.05, 0) is 0 Å². The summed E-state index contributed by atoms with van der Waals surface area (Å²) in [5.41, 5.74) is 0. The van der Waals surface area contributed by atoms with Crippen molar-refractivity contribution in [2.24, 2.45) is 0 Å². The molecule has 0 rings (SSSR count). The molecule has 0 amide bonds. The molecule has 0 heterocycles. The number of hydrogen-bond acceptors (Lipinski definition) is 0. The smallest absolute Gasteiger partial charge is 0 e. The molecule has 4 heavy (non-hydrogen) atoms. The molecule has 0 spiro atoms. The van der Waals surface area contributed by atoms with Crippen molar-refractivity contribution in [3.63, 3.8) is 0 Å². The summed E-state index contributed by atoms with van der Waals surface area (Å²) in [5.74, 6) is 0. The Balaban J connectivity index is 0. The minimum Gasteiger partial charge on any atom is -0.153 e. The fraction of sp³-hybridized carbons (Fsp3) is 0. The Bertz CT molecular complexity index is 8.00. The molecule has 0 N–H and O–H groups in total. The van der Waals surface area contributed by atoms with E-state index in [9.17, 15) is 0 Å². The molecular weight excluding hydrogens is 349 g/mol. The molecule has 0 aliphatic heterocycles. The Morgan fingerprint density at radius 1 is 1.00 bits per heavy atom. The maximum Gasteiger partial charge on any atom is 0 e. The van der Waals surface area contributed by atoms with E-state index in [4.69, 9.17) is 0 Å². The Kier molecular flexibility index (Phi) is 113. The third-order valence-electron chi connectivity index (χ3n) is 0. The molecule has 5 radical (unpaired) electrons. The van der Waals surface area contributed by atoms with Gasteiger partial charge in [0, 0.05) is 82.4 Å². The standard InChI is InChI=1S/Ce.Co.H3P.Sn/h;;1H3;. The monoisotopic (exact) mass is 353 g/mol. The molecule has 4 heteroatoms. The first-order valence-corrected chi connectivity index (χ1v) is 0. The van der Waals surface area contributed by atoms with E-state index < -0.39 is 0 Å². The second-order valence-corrected chi connectivity index (χ2v) is 0. The van der Waals surface area contributed by atoms with Crippen LogP contribution in [0.25, 0.3) is 0 Å². The van der Waals surface area contributed by atoms with Gasteiger partial charge in [-0.1, -0.05) is 0 Å². The Labute approximate surface area is 90.4 Å². The summed E-state index contributed by atoms with van der Waals surface area (Å²) in [7, 11) is 0. The van der Waals surface area contributed by atoms with Crippen molar-refractivity contribution in [1.82, 2.24) is 0 Å². The largest absolute Gasteiger partial charge is 0.153 e. The summed E-state index contributed by atoms with van der Waals surface area (Å²) < 4.78 is 0. The second-order valence-electron chi connectivity index (χ2n) is 0. The van der Waals surface area contributed by atoms with Crippen molar-refractivity contribution in [2.75, 3.05) is 0 Å². The molecule has 0 bridgehead atoms. The van der Waals surface area contributed by atoms with Crippen molar-refractivity contribution in [3.05, 3.63) is 0 Å². The maximum absolute atomic E-state index is 0. The van der Waals surface area contributed by atoms with Crippen LogP contribution >= 0.6 is 9.90 Å². The quantitative estimate of drug-likeness (QED) is 0.414. The summed E-state index contributed by atoms with van der Waals surface area (Å²) in [5, 5.41) is 0. The first-order valence-electron chi connectivity index (χ1n) is 0. The molecule has 0 aliphatic rings. The average Bonchev–Trinajstić information content (AvgIpc) is 0. The van der Waals surface area contributed by atoms with Gasteiger partial charge in [0.15, 0.2) is 0 Å². The molecule has 25 valence electrons. The molecule has 0 aromatic rings. The molecule has 0 aliphatic carbocycles. The van der Waals surface area contributed by atoms with E-state index in [2.05, 4.69) is 0 Å². The molecule has 0 aromatic heterocycles.